The van der Waals surface area contributed by atoms with Gasteiger partial charge >= 0.3 is 6.03 Å². The molecule has 0 bridgehead atoms. The zero-order valence-corrected chi connectivity index (χ0v) is 15.7. The van der Waals surface area contributed by atoms with Gasteiger partial charge in [-0.3, -0.25) is 4.79 Å². The summed E-state index contributed by atoms with van der Waals surface area (Å²) in [5, 5.41) is 4.29. The van der Waals surface area contributed by atoms with Gasteiger partial charge < -0.3 is 15.1 Å². The van der Waals surface area contributed by atoms with Crippen molar-refractivity contribution in [2.75, 3.05) is 31.5 Å². The molecule has 0 spiro atoms. The van der Waals surface area contributed by atoms with E-state index in [-0.39, 0.29) is 11.9 Å². The Morgan fingerprint density at radius 2 is 1.84 bits per heavy atom. The lowest BCUT2D eigenvalue weighted by Crippen LogP contribution is -2.51. The molecule has 2 aromatic rings. The first-order valence-electron chi connectivity index (χ1n) is 7.99. The molecular formula is C17H19ClN4O2S. The Morgan fingerprint density at radius 1 is 1.16 bits per heavy atom. The van der Waals surface area contributed by atoms with Crippen LogP contribution in [0.5, 0.6) is 0 Å². The molecule has 25 heavy (non-hydrogen) atoms. The number of piperazine rings is 1. The number of amides is 3. The number of benzene rings is 1. The molecule has 1 aromatic heterocycles. The molecule has 2 heterocycles. The van der Waals surface area contributed by atoms with E-state index in [1.54, 1.807) is 34.1 Å². The average molecular weight is 379 g/mol. The van der Waals surface area contributed by atoms with E-state index in [4.69, 9.17) is 11.6 Å². The maximum absolute atomic E-state index is 12.6. The molecule has 1 aromatic carbocycles. The van der Waals surface area contributed by atoms with Gasteiger partial charge in [-0.15, -0.1) is 11.3 Å². The molecule has 132 valence electrons. The van der Waals surface area contributed by atoms with Gasteiger partial charge in [0.15, 0.2) is 0 Å². The topological polar surface area (TPSA) is 65.5 Å². The van der Waals surface area contributed by atoms with E-state index in [1.165, 1.54) is 11.3 Å². The van der Waals surface area contributed by atoms with E-state index >= 15 is 0 Å². The number of rotatable bonds is 2. The van der Waals surface area contributed by atoms with E-state index in [1.807, 2.05) is 13.8 Å². The number of nitrogens with zero attached hydrogens (tertiary/aromatic N) is 3. The van der Waals surface area contributed by atoms with E-state index in [0.29, 0.717) is 41.8 Å². The lowest BCUT2D eigenvalue weighted by Gasteiger charge is -2.34. The van der Waals surface area contributed by atoms with Crippen molar-refractivity contribution in [3.63, 3.8) is 0 Å². The fourth-order valence-corrected chi connectivity index (χ4v) is 3.83. The number of urea groups is 1. The number of thiazole rings is 1. The van der Waals surface area contributed by atoms with E-state index in [9.17, 15) is 9.59 Å². The molecule has 8 heteroatoms. The number of carbonyl (C=O) groups excluding carboxylic acids is 2. The van der Waals surface area contributed by atoms with Gasteiger partial charge in [0.05, 0.1) is 10.7 Å². The SMILES string of the molecule is Cc1nc(C)c(C(=O)N2CCN(C(=O)Nc3cccc(Cl)c3)CC2)s1. The molecule has 1 N–H and O–H groups in total. The van der Waals surface area contributed by atoms with Crippen molar-refractivity contribution in [1.82, 2.24) is 14.8 Å². The summed E-state index contributed by atoms with van der Waals surface area (Å²) in [5.74, 6) is -0.00185. The molecule has 0 unspecified atom stereocenters. The second-order valence-corrected chi connectivity index (χ2v) is 7.51. The van der Waals surface area contributed by atoms with Crippen LogP contribution in [0.25, 0.3) is 0 Å². The molecule has 1 aliphatic heterocycles. The summed E-state index contributed by atoms with van der Waals surface area (Å²) in [7, 11) is 0. The number of aromatic nitrogens is 1. The number of hydrogen-bond acceptors (Lipinski definition) is 4. The third-order valence-electron chi connectivity index (χ3n) is 4.03. The molecule has 1 fully saturated rings. The Kier molecular flexibility index (Phi) is 5.24. The van der Waals surface area contributed by atoms with Gasteiger partial charge in [0.1, 0.15) is 4.88 Å². The number of carbonyl (C=O) groups is 2. The second kappa shape index (κ2) is 7.41. The van der Waals surface area contributed by atoms with Crippen molar-refractivity contribution in [3.05, 3.63) is 44.9 Å². The normalized spacial score (nSPS) is 14.5. The zero-order valence-electron chi connectivity index (χ0n) is 14.1. The summed E-state index contributed by atoms with van der Waals surface area (Å²) >= 11 is 7.35. The first-order valence-corrected chi connectivity index (χ1v) is 9.18. The van der Waals surface area contributed by atoms with Crippen LogP contribution >= 0.6 is 22.9 Å². The van der Waals surface area contributed by atoms with Crippen LogP contribution in [-0.4, -0.2) is 52.9 Å². The molecule has 1 aliphatic rings. The molecule has 0 aliphatic carbocycles. The van der Waals surface area contributed by atoms with Gasteiger partial charge in [-0.2, -0.15) is 0 Å². The lowest BCUT2D eigenvalue weighted by molar-refractivity contribution is 0.0675. The Bertz CT molecular complexity index is 800. The first-order chi connectivity index (χ1) is 11.9. The highest BCUT2D eigenvalue weighted by molar-refractivity contribution is 7.13. The standard InChI is InChI=1S/C17H19ClN4O2S/c1-11-15(25-12(2)19-11)16(23)21-6-8-22(9-7-21)17(24)20-14-5-3-4-13(18)10-14/h3-5,10H,6-9H2,1-2H3,(H,20,24). The number of hydrogen-bond donors (Lipinski definition) is 1. The summed E-state index contributed by atoms with van der Waals surface area (Å²) in [4.78, 5) is 33.4. The number of anilines is 1. The zero-order chi connectivity index (χ0) is 18.0. The van der Waals surface area contributed by atoms with Crippen molar-refractivity contribution >= 4 is 40.6 Å². The summed E-state index contributed by atoms with van der Waals surface area (Å²) in [5.41, 5.74) is 1.43. The van der Waals surface area contributed by atoms with Crippen molar-refractivity contribution in [2.24, 2.45) is 0 Å². The van der Waals surface area contributed by atoms with Gasteiger partial charge in [0, 0.05) is 36.9 Å². The first kappa shape index (κ1) is 17.7. The molecule has 0 radical (unpaired) electrons. The van der Waals surface area contributed by atoms with Crippen LogP contribution < -0.4 is 5.32 Å². The monoisotopic (exact) mass is 378 g/mol. The van der Waals surface area contributed by atoms with E-state index in [2.05, 4.69) is 10.3 Å². The van der Waals surface area contributed by atoms with Gasteiger partial charge in [0.2, 0.25) is 0 Å². The minimum absolute atomic E-state index is 0.00185. The highest BCUT2D eigenvalue weighted by Crippen LogP contribution is 2.20. The highest BCUT2D eigenvalue weighted by Gasteiger charge is 2.27. The van der Waals surface area contributed by atoms with Crippen LogP contribution in [0.2, 0.25) is 5.02 Å². The van der Waals surface area contributed by atoms with Gasteiger partial charge in [-0.25, -0.2) is 9.78 Å². The lowest BCUT2D eigenvalue weighted by atomic mass is 10.2. The fourth-order valence-electron chi connectivity index (χ4n) is 2.75. The summed E-state index contributed by atoms with van der Waals surface area (Å²) in [6, 6.07) is 6.85. The third kappa shape index (κ3) is 4.11. The van der Waals surface area contributed by atoms with Gasteiger partial charge in [-0.05, 0) is 32.0 Å². The van der Waals surface area contributed by atoms with Crippen molar-refractivity contribution in [3.8, 4) is 0 Å². The maximum Gasteiger partial charge on any atom is 0.321 e. The van der Waals surface area contributed by atoms with E-state index in [0.717, 1.165) is 10.7 Å². The van der Waals surface area contributed by atoms with Crippen LogP contribution in [0.1, 0.15) is 20.4 Å². The molecule has 3 amide bonds. The summed E-state index contributed by atoms with van der Waals surface area (Å²) in [6.07, 6.45) is 0. The predicted molar refractivity (Wildman–Crippen MR) is 99.5 cm³/mol. The molecule has 3 rings (SSSR count). The Morgan fingerprint density at radius 3 is 2.44 bits per heavy atom. The van der Waals surface area contributed by atoms with Crippen LogP contribution in [0.15, 0.2) is 24.3 Å². The number of nitrogens with one attached hydrogen (secondary N) is 1. The van der Waals surface area contributed by atoms with E-state index < -0.39 is 0 Å². The number of halogens is 1. The number of aryl methyl sites for hydroxylation is 2. The molecule has 0 saturated carbocycles. The quantitative estimate of drug-likeness (QED) is 0.870. The second-order valence-electron chi connectivity index (χ2n) is 5.87. The van der Waals surface area contributed by atoms with Crippen LogP contribution in [0.3, 0.4) is 0 Å². The van der Waals surface area contributed by atoms with Crippen LogP contribution in [0, 0.1) is 13.8 Å². The van der Waals surface area contributed by atoms with Gasteiger partial charge in [0.25, 0.3) is 5.91 Å². The molecular weight excluding hydrogens is 360 g/mol. The minimum Gasteiger partial charge on any atom is -0.334 e. The van der Waals surface area contributed by atoms with Crippen LogP contribution in [-0.2, 0) is 0 Å². The van der Waals surface area contributed by atoms with Crippen LogP contribution in [0.4, 0.5) is 10.5 Å². The third-order valence-corrected chi connectivity index (χ3v) is 5.32. The smallest absolute Gasteiger partial charge is 0.321 e. The Labute approximate surface area is 155 Å². The van der Waals surface area contributed by atoms with Crippen molar-refractivity contribution in [2.45, 2.75) is 13.8 Å². The molecule has 1 saturated heterocycles. The molecule has 0 atom stereocenters. The highest BCUT2D eigenvalue weighted by atomic mass is 35.5. The molecule has 6 nitrogen and oxygen atoms in total. The fraction of sp³-hybridized carbons (Fsp3) is 0.353. The summed E-state index contributed by atoms with van der Waals surface area (Å²) in [6.45, 7) is 5.76. The summed E-state index contributed by atoms with van der Waals surface area (Å²) < 4.78 is 0. The minimum atomic E-state index is -0.181. The predicted octanol–water partition coefficient (Wildman–Crippen LogP) is 3.40. The largest absolute Gasteiger partial charge is 0.334 e. The van der Waals surface area contributed by atoms with Gasteiger partial charge in [-0.1, -0.05) is 17.7 Å². The average Bonchev–Trinajstić information content (AvgIpc) is 2.92. The maximum atomic E-state index is 12.6. The van der Waals surface area contributed by atoms with Crippen molar-refractivity contribution in [1.29, 1.82) is 0 Å². The van der Waals surface area contributed by atoms with Crippen molar-refractivity contribution < 1.29 is 9.59 Å². The Hall–Kier alpha value is -2.12. The Balaban J connectivity index is 1.57.